The third-order valence-corrected chi connectivity index (χ3v) is 5.89. The van der Waals surface area contributed by atoms with Crippen LogP contribution in [-0.2, 0) is 19.5 Å². The Bertz CT molecular complexity index is 771. The lowest BCUT2D eigenvalue weighted by Gasteiger charge is -2.24. The molecule has 24 heavy (non-hydrogen) atoms. The minimum atomic E-state index is 0.707. The molecule has 3 aliphatic rings. The Morgan fingerprint density at radius 3 is 3.17 bits per heavy atom. The van der Waals surface area contributed by atoms with Crippen LogP contribution >= 0.6 is 0 Å². The van der Waals surface area contributed by atoms with Crippen LogP contribution in [0.5, 0.6) is 0 Å². The number of pyridine rings is 1. The van der Waals surface area contributed by atoms with Crippen LogP contribution in [-0.4, -0.2) is 39.2 Å². The number of fused-ring (bicyclic) bond motifs is 3. The second kappa shape index (κ2) is 5.63. The Morgan fingerprint density at radius 2 is 2.33 bits per heavy atom. The van der Waals surface area contributed by atoms with Gasteiger partial charge >= 0.3 is 0 Å². The van der Waals surface area contributed by atoms with Gasteiger partial charge in [0.2, 0.25) is 11.7 Å². The van der Waals surface area contributed by atoms with Gasteiger partial charge in [0.15, 0.2) is 0 Å². The smallest absolute Gasteiger partial charge is 0.241 e. The molecular weight excluding hydrogens is 302 g/mol. The predicted molar refractivity (Wildman–Crippen MR) is 89.2 cm³/mol. The highest BCUT2D eigenvalue weighted by Gasteiger charge is 2.38. The summed E-state index contributed by atoms with van der Waals surface area (Å²) in [6.45, 7) is 5.88. The van der Waals surface area contributed by atoms with E-state index in [4.69, 9.17) is 9.51 Å². The summed E-state index contributed by atoms with van der Waals surface area (Å²) < 4.78 is 5.59. The molecule has 2 atom stereocenters. The zero-order valence-corrected chi connectivity index (χ0v) is 14.1. The van der Waals surface area contributed by atoms with Crippen LogP contribution in [0.1, 0.15) is 42.0 Å². The van der Waals surface area contributed by atoms with Crippen LogP contribution in [0.3, 0.4) is 0 Å². The molecule has 126 valence electrons. The molecule has 1 aliphatic carbocycles. The van der Waals surface area contributed by atoms with Crippen molar-refractivity contribution < 1.29 is 4.52 Å². The van der Waals surface area contributed by atoms with Gasteiger partial charge in [-0.15, -0.1) is 0 Å². The first-order valence-electron chi connectivity index (χ1n) is 9.03. The maximum atomic E-state index is 5.59. The molecule has 2 aliphatic heterocycles. The number of hydrogen-bond donors (Lipinski definition) is 1. The van der Waals surface area contributed by atoms with Crippen molar-refractivity contribution in [3.63, 3.8) is 0 Å². The third kappa shape index (κ3) is 2.36. The predicted octanol–water partition coefficient (Wildman–Crippen LogP) is 2.07. The van der Waals surface area contributed by atoms with E-state index in [-0.39, 0.29) is 0 Å². The Morgan fingerprint density at radius 1 is 1.38 bits per heavy atom. The van der Waals surface area contributed by atoms with E-state index in [1.54, 1.807) is 0 Å². The fourth-order valence-corrected chi connectivity index (χ4v) is 4.68. The van der Waals surface area contributed by atoms with E-state index in [1.807, 2.05) is 13.1 Å². The summed E-state index contributed by atoms with van der Waals surface area (Å²) in [5.74, 6) is 2.33. The zero-order valence-electron chi connectivity index (χ0n) is 14.1. The molecule has 2 aromatic heterocycles. The second-order valence-corrected chi connectivity index (χ2v) is 7.42. The third-order valence-electron chi connectivity index (χ3n) is 5.89. The van der Waals surface area contributed by atoms with Gasteiger partial charge < -0.3 is 9.84 Å². The molecule has 0 amide bonds. The van der Waals surface area contributed by atoms with E-state index in [0.29, 0.717) is 5.82 Å². The molecule has 1 saturated heterocycles. The van der Waals surface area contributed by atoms with E-state index >= 15 is 0 Å². The number of rotatable bonds is 3. The highest BCUT2D eigenvalue weighted by atomic mass is 16.5. The Hall–Kier alpha value is -1.79. The normalized spacial score (nSPS) is 26.0. The van der Waals surface area contributed by atoms with Crippen molar-refractivity contribution in [2.75, 3.05) is 13.1 Å². The van der Waals surface area contributed by atoms with Crippen LogP contribution in [0.2, 0.25) is 0 Å². The average Bonchev–Trinajstić information content (AvgIpc) is 3.32. The van der Waals surface area contributed by atoms with Crippen LogP contribution in [0.4, 0.5) is 0 Å². The number of aromatic nitrogens is 3. The summed E-state index contributed by atoms with van der Waals surface area (Å²) in [6, 6.07) is 0.726. The number of likely N-dealkylation sites (tertiary alicyclic amines) is 1. The number of piperidine rings is 1. The SMILES string of the molecule is Cc1ncc2c(c1-c1noc(CN3C[C@@H]4CC[C@@H]3C4)n1)CCNC2. The van der Waals surface area contributed by atoms with Gasteiger partial charge in [-0.3, -0.25) is 9.88 Å². The van der Waals surface area contributed by atoms with Gasteiger partial charge in [-0.05, 0) is 56.2 Å². The van der Waals surface area contributed by atoms with Crippen LogP contribution < -0.4 is 5.32 Å². The van der Waals surface area contributed by atoms with E-state index in [9.17, 15) is 0 Å². The van der Waals surface area contributed by atoms with Crippen molar-refractivity contribution in [2.24, 2.45) is 5.92 Å². The van der Waals surface area contributed by atoms with Crippen molar-refractivity contribution in [3.05, 3.63) is 28.9 Å². The summed E-state index contributed by atoms with van der Waals surface area (Å²) in [5, 5.41) is 7.68. The Labute approximate surface area is 141 Å². The highest BCUT2D eigenvalue weighted by molar-refractivity contribution is 5.64. The van der Waals surface area contributed by atoms with Gasteiger partial charge in [0.25, 0.3) is 0 Å². The van der Waals surface area contributed by atoms with Crippen LogP contribution in [0.15, 0.2) is 10.7 Å². The van der Waals surface area contributed by atoms with Crippen molar-refractivity contribution in [1.29, 1.82) is 0 Å². The molecule has 0 radical (unpaired) electrons. The minimum absolute atomic E-state index is 0.707. The van der Waals surface area contributed by atoms with Gasteiger partial charge in [-0.25, -0.2) is 0 Å². The maximum absolute atomic E-state index is 5.59. The Kier molecular flexibility index (Phi) is 3.41. The monoisotopic (exact) mass is 325 g/mol. The highest BCUT2D eigenvalue weighted by Crippen LogP contribution is 2.38. The quantitative estimate of drug-likeness (QED) is 0.932. The Balaban J connectivity index is 1.43. The lowest BCUT2D eigenvalue weighted by molar-refractivity contribution is 0.180. The molecule has 6 heteroatoms. The lowest BCUT2D eigenvalue weighted by atomic mass is 9.95. The summed E-state index contributed by atoms with van der Waals surface area (Å²) in [6.07, 6.45) is 7.04. The first-order valence-corrected chi connectivity index (χ1v) is 9.03. The molecule has 2 bridgehead atoms. The molecule has 6 nitrogen and oxygen atoms in total. The number of aryl methyl sites for hydroxylation is 1. The van der Waals surface area contributed by atoms with Crippen molar-refractivity contribution in [3.8, 4) is 11.4 Å². The fraction of sp³-hybridized carbons (Fsp3) is 0.611. The molecule has 1 N–H and O–H groups in total. The number of nitrogens with zero attached hydrogens (tertiary/aromatic N) is 4. The molecule has 1 saturated carbocycles. The maximum Gasteiger partial charge on any atom is 0.241 e. The largest absolute Gasteiger partial charge is 0.338 e. The summed E-state index contributed by atoms with van der Waals surface area (Å²) in [7, 11) is 0. The molecule has 2 aromatic rings. The van der Waals surface area contributed by atoms with Crippen LogP contribution in [0, 0.1) is 12.8 Å². The van der Waals surface area contributed by atoms with E-state index < -0.39 is 0 Å². The molecule has 5 rings (SSSR count). The first-order chi connectivity index (χ1) is 11.8. The molecule has 0 aromatic carbocycles. The number of nitrogens with one attached hydrogen (secondary N) is 1. The second-order valence-electron chi connectivity index (χ2n) is 7.42. The summed E-state index contributed by atoms with van der Waals surface area (Å²) in [5.41, 5.74) is 4.65. The average molecular weight is 325 g/mol. The standard InChI is InChI=1S/C18H23N5O/c1-11-17(15-4-5-19-7-13(15)8-20-11)18-21-16(24-22-18)10-23-9-12-2-3-14(23)6-12/h8,12,14,19H,2-7,9-10H2,1H3/t12-,14-/m1/s1. The van der Waals surface area contributed by atoms with Gasteiger partial charge in [-0.2, -0.15) is 4.98 Å². The lowest BCUT2D eigenvalue weighted by Crippen LogP contribution is -2.31. The first kappa shape index (κ1) is 14.5. The minimum Gasteiger partial charge on any atom is -0.338 e. The van der Waals surface area contributed by atoms with Crippen molar-refractivity contribution >= 4 is 0 Å². The van der Waals surface area contributed by atoms with E-state index in [2.05, 4.69) is 20.4 Å². The molecule has 0 spiro atoms. The van der Waals surface area contributed by atoms with Crippen LogP contribution in [0.25, 0.3) is 11.4 Å². The number of hydrogen-bond acceptors (Lipinski definition) is 6. The molecule has 0 unspecified atom stereocenters. The summed E-state index contributed by atoms with van der Waals surface area (Å²) in [4.78, 5) is 11.8. The van der Waals surface area contributed by atoms with E-state index in [1.165, 1.54) is 36.9 Å². The zero-order chi connectivity index (χ0) is 16.1. The van der Waals surface area contributed by atoms with E-state index in [0.717, 1.165) is 55.2 Å². The van der Waals surface area contributed by atoms with Crippen molar-refractivity contribution in [1.82, 2.24) is 25.3 Å². The molecule has 4 heterocycles. The van der Waals surface area contributed by atoms with Gasteiger partial charge in [-0.1, -0.05) is 5.16 Å². The molecular formula is C18H23N5O. The molecule has 2 fully saturated rings. The van der Waals surface area contributed by atoms with Gasteiger partial charge in [0.05, 0.1) is 6.54 Å². The fourth-order valence-electron chi connectivity index (χ4n) is 4.68. The van der Waals surface area contributed by atoms with Crippen molar-refractivity contribution in [2.45, 2.75) is 51.7 Å². The van der Waals surface area contributed by atoms with Gasteiger partial charge in [0.1, 0.15) is 0 Å². The topological polar surface area (TPSA) is 67.1 Å². The van der Waals surface area contributed by atoms with Gasteiger partial charge in [0, 0.05) is 36.6 Å². The summed E-state index contributed by atoms with van der Waals surface area (Å²) >= 11 is 0.